The number of esters is 1. The van der Waals surface area contributed by atoms with Crippen LogP contribution in [0.3, 0.4) is 0 Å². The first-order chi connectivity index (χ1) is 9.24. The summed E-state index contributed by atoms with van der Waals surface area (Å²) in [6, 6.07) is 0. The Morgan fingerprint density at radius 2 is 1.42 bits per heavy atom. The van der Waals surface area contributed by atoms with Gasteiger partial charge in [0.05, 0.1) is 6.42 Å². The summed E-state index contributed by atoms with van der Waals surface area (Å²) in [5.41, 5.74) is 1.14. The number of carbonyl (C=O) groups is 1. The molecule has 0 aromatic heterocycles. The van der Waals surface area contributed by atoms with Crippen LogP contribution >= 0.6 is 0 Å². The highest BCUT2D eigenvalue weighted by atomic mass is 16.5. The van der Waals surface area contributed by atoms with E-state index in [1.165, 1.54) is 57.8 Å². The summed E-state index contributed by atoms with van der Waals surface area (Å²) in [4.78, 5) is 11.1. The molecular formula is C17H30O2. The van der Waals surface area contributed by atoms with E-state index in [1.807, 2.05) is 6.92 Å². The van der Waals surface area contributed by atoms with Crippen molar-refractivity contribution in [3.63, 3.8) is 0 Å². The fourth-order valence-corrected chi connectivity index (χ4v) is 2.61. The van der Waals surface area contributed by atoms with E-state index in [-0.39, 0.29) is 5.97 Å². The van der Waals surface area contributed by atoms with E-state index in [1.54, 1.807) is 0 Å². The minimum atomic E-state index is -0.0698. The molecule has 0 atom stereocenters. The Labute approximate surface area is 118 Å². The van der Waals surface area contributed by atoms with Crippen LogP contribution < -0.4 is 0 Å². The smallest absolute Gasteiger partial charge is 0.315 e. The molecule has 0 amide bonds. The van der Waals surface area contributed by atoms with Crippen molar-refractivity contribution in [1.82, 2.24) is 0 Å². The Morgan fingerprint density at radius 1 is 0.895 bits per heavy atom. The SMILES string of the molecule is CCCCCCCCCCCCC1=C(C)CC(=O)O1. The monoisotopic (exact) mass is 266 g/mol. The third-order valence-corrected chi connectivity index (χ3v) is 3.88. The molecule has 0 N–H and O–H groups in total. The van der Waals surface area contributed by atoms with E-state index >= 15 is 0 Å². The molecule has 0 aliphatic carbocycles. The third kappa shape index (κ3) is 7.39. The second kappa shape index (κ2) is 10.1. The summed E-state index contributed by atoms with van der Waals surface area (Å²) in [5.74, 6) is 0.879. The molecule has 1 rings (SSSR count). The highest BCUT2D eigenvalue weighted by molar-refractivity contribution is 5.76. The molecule has 19 heavy (non-hydrogen) atoms. The number of hydrogen-bond acceptors (Lipinski definition) is 2. The first kappa shape index (κ1) is 16.3. The zero-order valence-corrected chi connectivity index (χ0v) is 12.8. The summed E-state index contributed by atoms with van der Waals surface area (Å²) in [6.45, 7) is 4.27. The van der Waals surface area contributed by atoms with Crippen molar-refractivity contribution < 1.29 is 9.53 Å². The number of hydrogen-bond donors (Lipinski definition) is 0. The average molecular weight is 266 g/mol. The van der Waals surface area contributed by atoms with Gasteiger partial charge in [0.2, 0.25) is 0 Å². The number of allylic oxidation sites excluding steroid dienone is 1. The van der Waals surface area contributed by atoms with Crippen LogP contribution in [0, 0.1) is 0 Å². The molecule has 110 valence electrons. The van der Waals surface area contributed by atoms with Gasteiger partial charge < -0.3 is 4.74 Å². The van der Waals surface area contributed by atoms with Gasteiger partial charge in [0.1, 0.15) is 5.76 Å². The van der Waals surface area contributed by atoms with E-state index in [4.69, 9.17) is 4.74 Å². The maximum atomic E-state index is 11.1. The molecule has 0 bridgehead atoms. The van der Waals surface area contributed by atoms with Crippen molar-refractivity contribution in [3.8, 4) is 0 Å². The number of carbonyl (C=O) groups excluding carboxylic acids is 1. The predicted molar refractivity (Wildman–Crippen MR) is 79.9 cm³/mol. The van der Waals surface area contributed by atoms with Gasteiger partial charge in [-0.25, -0.2) is 0 Å². The number of cyclic esters (lactones) is 1. The van der Waals surface area contributed by atoms with E-state index < -0.39 is 0 Å². The molecule has 1 aliphatic rings. The zero-order valence-electron chi connectivity index (χ0n) is 12.8. The number of ether oxygens (including phenoxy) is 1. The lowest BCUT2D eigenvalue weighted by molar-refractivity contribution is -0.136. The van der Waals surface area contributed by atoms with Crippen molar-refractivity contribution in [2.75, 3.05) is 0 Å². The van der Waals surface area contributed by atoms with Gasteiger partial charge in [0.15, 0.2) is 0 Å². The highest BCUT2D eigenvalue weighted by Gasteiger charge is 2.19. The topological polar surface area (TPSA) is 26.3 Å². The lowest BCUT2D eigenvalue weighted by Gasteiger charge is -2.04. The fourth-order valence-electron chi connectivity index (χ4n) is 2.61. The number of rotatable bonds is 11. The molecule has 2 heteroatoms. The van der Waals surface area contributed by atoms with Gasteiger partial charge in [-0.05, 0) is 18.9 Å². The van der Waals surface area contributed by atoms with E-state index in [0.717, 1.165) is 24.2 Å². The van der Waals surface area contributed by atoms with Crippen LogP contribution in [0.25, 0.3) is 0 Å². The number of unbranched alkanes of at least 4 members (excludes halogenated alkanes) is 9. The molecule has 0 spiro atoms. The van der Waals surface area contributed by atoms with Crippen LogP contribution in [-0.4, -0.2) is 5.97 Å². The lowest BCUT2D eigenvalue weighted by atomic mass is 10.0. The summed E-state index contributed by atoms with van der Waals surface area (Å²) in [7, 11) is 0. The molecule has 0 saturated carbocycles. The van der Waals surface area contributed by atoms with Gasteiger partial charge in [0, 0.05) is 6.42 Å². The summed E-state index contributed by atoms with van der Waals surface area (Å²) < 4.78 is 5.20. The second-order valence-corrected chi connectivity index (χ2v) is 5.79. The van der Waals surface area contributed by atoms with Crippen LogP contribution in [0.4, 0.5) is 0 Å². The van der Waals surface area contributed by atoms with Crippen LogP contribution in [0.5, 0.6) is 0 Å². The molecule has 0 fully saturated rings. The summed E-state index contributed by atoms with van der Waals surface area (Å²) in [5, 5.41) is 0. The minimum absolute atomic E-state index is 0.0698. The minimum Gasteiger partial charge on any atom is -0.431 e. The molecule has 0 aromatic rings. The Bertz CT molecular complexity index is 292. The van der Waals surface area contributed by atoms with E-state index in [9.17, 15) is 4.79 Å². The quantitative estimate of drug-likeness (QED) is 0.363. The van der Waals surface area contributed by atoms with Gasteiger partial charge in [-0.3, -0.25) is 4.79 Å². The second-order valence-electron chi connectivity index (χ2n) is 5.79. The van der Waals surface area contributed by atoms with Crippen LogP contribution in [0.2, 0.25) is 0 Å². The first-order valence-electron chi connectivity index (χ1n) is 8.13. The molecule has 0 saturated heterocycles. The van der Waals surface area contributed by atoms with E-state index in [2.05, 4.69) is 6.92 Å². The Morgan fingerprint density at radius 3 is 1.89 bits per heavy atom. The molecule has 0 radical (unpaired) electrons. The normalized spacial score (nSPS) is 15.2. The standard InChI is InChI=1S/C17H30O2/c1-3-4-5-6-7-8-9-10-11-12-13-16-15(2)14-17(18)19-16/h3-14H2,1-2H3. The van der Waals surface area contributed by atoms with Gasteiger partial charge in [0.25, 0.3) is 0 Å². The molecule has 0 aromatic carbocycles. The van der Waals surface area contributed by atoms with Gasteiger partial charge >= 0.3 is 5.97 Å². The summed E-state index contributed by atoms with van der Waals surface area (Å²) >= 11 is 0. The molecule has 0 unspecified atom stereocenters. The van der Waals surface area contributed by atoms with Crippen molar-refractivity contribution in [2.24, 2.45) is 0 Å². The van der Waals surface area contributed by atoms with E-state index in [0.29, 0.717) is 6.42 Å². The molecular weight excluding hydrogens is 236 g/mol. The zero-order chi connectivity index (χ0) is 13.9. The average Bonchev–Trinajstić information content (AvgIpc) is 2.70. The highest BCUT2D eigenvalue weighted by Crippen LogP contribution is 2.24. The van der Waals surface area contributed by atoms with Crippen molar-refractivity contribution >= 4 is 5.97 Å². The maximum absolute atomic E-state index is 11.1. The maximum Gasteiger partial charge on any atom is 0.315 e. The third-order valence-electron chi connectivity index (χ3n) is 3.88. The molecule has 1 heterocycles. The van der Waals surface area contributed by atoms with Gasteiger partial charge in [-0.1, -0.05) is 64.7 Å². The Kier molecular flexibility index (Phi) is 8.61. The van der Waals surface area contributed by atoms with Crippen LogP contribution in [0.1, 0.15) is 90.9 Å². The van der Waals surface area contributed by atoms with Gasteiger partial charge in [-0.2, -0.15) is 0 Å². The Balaban J connectivity index is 1.86. The van der Waals surface area contributed by atoms with Crippen molar-refractivity contribution in [2.45, 2.75) is 90.9 Å². The predicted octanol–water partition coefficient (Wildman–Crippen LogP) is 5.52. The van der Waals surface area contributed by atoms with Gasteiger partial charge in [-0.15, -0.1) is 0 Å². The van der Waals surface area contributed by atoms with Crippen molar-refractivity contribution in [3.05, 3.63) is 11.3 Å². The molecule has 2 nitrogen and oxygen atoms in total. The lowest BCUT2D eigenvalue weighted by Crippen LogP contribution is -1.93. The largest absolute Gasteiger partial charge is 0.431 e. The first-order valence-corrected chi connectivity index (χ1v) is 8.13. The fraction of sp³-hybridized carbons (Fsp3) is 0.824. The Hall–Kier alpha value is -0.790. The summed E-state index contributed by atoms with van der Waals surface area (Å²) in [6.07, 6.45) is 14.9. The molecule has 1 aliphatic heterocycles. The van der Waals surface area contributed by atoms with Crippen molar-refractivity contribution in [1.29, 1.82) is 0 Å². The van der Waals surface area contributed by atoms with Crippen LogP contribution in [-0.2, 0) is 9.53 Å². The van der Waals surface area contributed by atoms with Crippen LogP contribution in [0.15, 0.2) is 11.3 Å².